The number of hydrogen-bond donors (Lipinski definition) is 1. The van der Waals surface area contributed by atoms with Crippen LogP contribution >= 0.6 is 0 Å². The predicted molar refractivity (Wildman–Crippen MR) is 64.4 cm³/mol. The van der Waals surface area contributed by atoms with E-state index in [-0.39, 0.29) is 19.0 Å². The van der Waals surface area contributed by atoms with E-state index < -0.39 is 17.7 Å². The quantitative estimate of drug-likeness (QED) is 0.771. The van der Waals surface area contributed by atoms with Gasteiger partial charge in [-0.15, -0.1) is 0 Å². The van der Waals surface area contributed by atoms with Crippen LogP contribution in [0.5, 0.6) is 0 Å². The second-order valence-electron chi connectivity index (χ2n) is 4.79. The number of hydrogen-bond acceptors (Lipinski definition) is 5. The lowest BCUT2D eigenvalue weighted by atomic mass is 10.0. The van der Waals surface area contributed by atoms with Crippen molar-refractivity contribution in [1.29, 1.82) is 0 Å². The lowest BCUT2D eigenvalue weighted by Crippen LogP contribution is -2.53. The first kappa shape index (κ1) is 13.3. The van der Waals surface area contributed by atoms with Crippen molar-refractivity contribution in [3.8, 4) is 0 Å². The molecule has 2 rings (SSSR count). The fourth-order valence-corrected chi connectivity index (χ4v) is 1.98. The Labute approximate surface area is 109 Å². The standard InChI is InChI=1S/C12H15N3O4/c1-6(2)11-10(7(3)14-19-11)12(18)15-4-8(16)13-9(17)5-15/h6H,4-5H2,1-3H3,(H,13,16,17). The third-order valence-electron chi connectivity index (χ3n) is 2.86. The molecule has 0 aromatic carbocycles. The smallest absolute Gasteiger partial charge is 0.260 e. The van der Waals surface area contributed by atoms with Crippen molar-refractivity contribution in [3.63, 3.8) is 0 Å². The van der Waals surface area contributed by atoms with Gasteiger partial charge < -0.3 is 9.42 Å². The number of piperazine rings is 1. The van der Waals surface area contributed by atoms with Gasteiger partial charge in [0.05, 0.1) is 5.69 Å². The molecule has 19 heavy (non-hydrogen) atoms. The molecular formula is C12H15N3O4. The van der Waals surface area contributed by atoms with Gasteiger partial charge in [-0.2, -0.15) is 0 Å². The summed E-state index contributed by atoms with van der Waals surface area (Å²) >= 11 is 0. The summed E-state index contributed by atoms with van der Waals surface area (Å²) in [6.07, 6.45) is 0. The SMILES string of the molecule is Cc1noc(C(C)C)c1C(=O)N1CC(=O)NC(=O)C1. The van der Waals surface area contributed by atoms with E-state index >= 15 is 0 Å². The van der Waals surface area contributed by atoms with E-state index in [0.717, 1.165) is 0 Å². The third-order valence-corrected chi connectivity index (χ3v) is 2.86. The van der Waals surface area contributed by atoms with Crippen LogP contribution < -0.4 is 5.32 Å². The third kappa shape index (κ3) is 2.49. The summed E-state index contributed by atoms with van der Waals surface area (Å²) in [4.78, 5) is 36.2. The van der Waals surface area contributed by atoms with Gasteiger partial charge in [-0.1, -0.05) is 19.0 Å². The van der Waals surface area contributed by atoms with E-state index in [1.165, 1.54) is 4.90 Å². The number of nitrogens with one attached hydrogen (secondary N) is 1. The highest BCUT2D eigenvalue weighted by Crippen LogP contribution is 2.23. The van der Waals surface area contributed by atoms with Crippen LogP contribution in [0.15, 0.2) is 4.52 Å². The molecule has 1 aromatic rings. The van der Waals surface area contributed by atoms with Crippen LogP contribution in [-0.4, -0.2) is 40.9 Å². The summed E-state index contributed by atoms with van der Waals surface area (Å²) < 4.78 is 5.14. The van der Waals surface area contributed by atoms with Gasteiger partial charge in [-0.3, -0.25) is 19.7 Å². The number of amides is 3. The van der Waals surface area contributed by atoms with Crippen molar-refractivity contribution in [2.75, 3.05) is 13.1 Å². The van der Waals surface area contributed by atoms with Crippen LogP contribution in [0.4, 0.5) is 0 Å². The topological polar surface area (TPSA) is 92.5 Å². The lowest BCUT2D eigenvalue weighted by Gasteiger charge is -2.25. The van der Waals surface area contributed by atoms with Gasteiger partial charge in [-0.05, 0) is 6.92 Å². The molecular weight excluding hydrogens is 250 g/mol. The minimum absolute atomic E-state index is 0.00512. The molecule has 0 saturated carbocycles. The normalized spacial score (nSPS) is 15.9. The molecule has 0 spiro atoms. The van der Waals surface area contributed by atoms with E-state index in [9.17, 15) is 14.4 Å². The maximum Gasteiger partial charge on any atom is 0.260 e. The molecule has 3 amide bonds. The highest BCUT2D eigenvalue weighted by atomic mass is 16.5. The number of imide groups is 1. The van der Waals surface area contributed by atoms with Crippen LogP contribution in [-0.2, 0) is 9.59 Å². The Morgan fingerprint density at radius 2 is 1.89 bits per heavy atom. The molecule has 0 atom stereocenters. The number of carbonyl (C=O) groups excluding carboxylic acids is 3. The van der Waals surface area contributed by atoms with Gasteiger partial charge >= 0.3 is 0 Å². The Balaban J connectivity index is 2.31. The molecule has 1 saturated heterocycles. The van der Waals surface area contributed by atoms with Crippen LogP contribution in [0, 0.1) is 6.92 Å². The minimum atomic E-state index is -0.482. The fraction of sp³-hybridized carbons (Fsp3) is 0.500. The molecule has 0 unspecified atom stereocenters. The fourth-order valence-electron chi connectivity index (χ4n) is 1.98. The molecule has 0 aliphatic carbocycles. The number of rotatable bonds is 2. The summed E-state index contributed by atoms with van der Waals surface area (Å²) in [5, 5.41) is 5.93. The van der Waals surface area contributed by atoms with Gasteiger partial charge in [0.25, 0.3) is 5.91 Å². The van der Waals surface area contributed by atoms with E-state index in [2.05, 4.69) is 10.5 Å². The zero-order chi connectivity index (χ0) is 14.2. The molecule has 1 aliphatic heterocycles. The Morgan fingerprint density at radius 1 is 1.32 bits per heavy atom. The summed E-state index contributed by atoms with van der Waals surface area (Å²) in [6.45, 7) is 5.16. The van der Waals surface area contributed by atoms with E-state index in [1.807, 2.05) is 13.8 Å². The van der Waals surface area contributed by atoms with Crippen molar-refractivity contribution in [1.82, 2.24) is 15.4 Å². The molecule has 0 bridgehead atoms. The van der Waals surface area contributed by atoms with Gasteiger partial charge in [0.15, 0.2) is 5.76 Å². The number of carbonyl (C=O) groups is 3. The first-order chi connectivity index (χ1) is 8.90. The Bertz CT molecular complexity index is 531. The number of aryl methyl sites for hydroxylation is 1. The Hall–Kier alpha value is -2.18. The maximum absolute atomic E-state index is 12.4. The molecule has 1 aliphatic rings. The summed E-state index contributed by atoms with van der Waals surface area (Å²) in [5.74, 6) is -0.893. The first-order valence-corrected chi connectivity index (χ1v) is 5.98. The first-order valence-electron chi connectivity index (χ1n) is 5.98. The summed E-state index contributed by atoms with van der Waals surface area (Å²) in [6, 6.07) is 0. The monoisotopic (exact) mass is 265 g/mol. The zero-order valence-electron chi connectivity index (χ0n) is 11.0. The average molecular weight is 265 g/mol. The highest BCUT2D eigenvalue weighted by molar-refractivity contribution is 6.06. The van der Waals surface area contributed by atoms with Crippen LogP contribution in [0.25, 0.3) is 0 Å². The minimum Gasteiger partial charge on any atom is -0.360 e. The summed E-state index contributed by atoms with van der Waals surface area (Å²) in [7, 11) is 0. The Morgan fingerprint density at radius 3 is 2.42 bits per heavy atom. The highest BCUT2D eigenvalue weighted by Gasteiger charge is 2.31. The van der Waals surface area contributed by atoms with Crippen LogP contribution in [0.1, 0.15) is 41.6 Å². The van der Waals surface area contributed by atoms with Gasteiger partial charge in [0.2, 0.25) is 11.8 Å². The van der Waals surface area contributed by atoms with Gasteiger partial charge in [0.1, 0.15) is 18.7 Å². The molecule has 1 aromatic heterocycles. The van der Waals surface area contributed by atoms with Gasteiger partial charge in [-0.25, -0.2) is 0 Å². The van der Waals surface area contributed by atoms with Crippen molar-refractivity contribution < 1.29 is 18.9 Å². The molecule has 102 valence electrons. The molecule has 1 fully saturated rings. The van der Waals surface area contributed by atoms with E-state index in [0.29, 0.717) is 17.0 Å². The molecule has 7 nitrogen and oxygen atoms in total. The van der Waals surface area contributed by atoms with Crippen molar-refractivity contribution in [2.24, 2.45) is 0 Å². The predicted octanol–water partition coefficient (Wildman–Crippen LogP) is 0.205. The zero-order valence-corrected chi connectivity index (χ0v) is 11.0. The second-order valence-corrected chi connectivity index (χ2v) is 4.79. The molecule has 7 heteroatoms. The lowest BCUT2D eigenvalue weighted by molar-refractivity contribution is -0.135. The number of aromatic nitrogens is 1. The number of nitrogens with zero attached hydrogens (tertiary/aromatic N) is 2. The van der Waals surface area contributed by atoms with Crippen LogP contribution in [0.3, 0.4) is 0 Å². The molecule has 1 N–H and O–H groups in total. The van der Waals surface area contributed by atoms with Crippen LogP contribution in [0.2, 0.25) is 0 Å². The largest absolute Gasteiger partial charge is 0.360 e. The van der Waals surface area contributed by atoms with Crippen molar-refractivity contribution in [3.05, 3.63) is 17.0 Å². The molecule has 2 heterocycles. The van der Waals surface area contributed by atoms with E-state index in [1.54, 1.807) is 6.92 Å². The summed E-state index contributed by atoms with van der Waals surface area (Å²) in [5.41, 5.74) is 0.810. The Kier molecular flexibility index (Phi) is 3.37. The van der Waals surface area contributed by atoms with Gasteiger partial charge in [0, 0.05) is 5.92 Å². The molecule has 0 radical (unpaired) electrons. The van der Waals surface area contributed by atoms with Crippen molar-refractivity contribution >= 4 is 17.7 Å². The second kappa shape index (κ2) is 4.83. The maximum atomic E-state index is 12.4. The average Bonchev–Trinajstić information content (AvgIpc) is 2.69. The van der Waals surface area contributed by atoms with Crippen molar-refractivity contribution in [2.45, 2.75) is 26.7 Å². The van der Waals surface area contributed by atoms with E-state index in [4.69, 9.17) is 4.52 Å².